The number of rotatable bonds is 5. The van der Waals surface area contributed by atoms with Gasteiger partial charge in [-0.1, -0.05) is 12.1 Å². The van der Waals surface area contributed by atoms with E-state index in [0.717, 1.165) is 6.42 Å². The molecule has 1 unspecified atom stereocenters. The minimum Gasteiger partial charge on any atom is -0.396 e. The second-order valence-corrected chi connectivity index (χ2v) is 3.42. The van der Waals surface area contributed by atoms with E-state index in [4.69, 9.17) is 9.63 Å². The number of nitrogens with zero attached hydrogens (tertiary/aromatic N) is 1. The third kappa shape index (κ3) is 3.36. The minimum atomic E-state index is -0.282. The Labute approximate surface area is 88.5 Å². The van der Waals surface area contributed by atoms with Crippen molar-refractivity contribution in [3.8, 4) is 0 Å². The van der Waals surface area contributed by atoms with Gasteiger partial charge in [-0.2, -0.15) is 0 Å². The number of aliphatic hydroxyl groups excluding tert-OH is 1. The highest BCUT2D eigenvalue weighted by atomic mass is 16.5. The lowest BCUT2D eigenvalue weighted by Crippen LogP contribution is -2.34. The molecule has 0 saturated carbocycles. The smallest absolute Gasteiger partial charge is 0.290 e. The molecule has 0 saturated heterocycles. The van der Waals surface area contributed by atoms with E-state index in [9.17, 15) is 4.79 Å². The van der Waals surface area contributed by atoms with E-state index >= 15 is 0 Å². The second kappa shape index (κ2) is 5.50. The van der Waals surface area contributed by atoms with Gasteiger partial charge in [-0.3, -0.25) is 4.79 Å². The highest BCUT2D eigenvalue weighted by Crippen LogP contribution is 2.04. The topological polar surface area (TPSA) is 75.4 Å². The Bertz CT molecular complexity index is 322. The first kappa shape index (κ1) is 11.7. The molecule has 1 heterocycles. The summed E-state index contributed by atoms with van der Waals surface area (Å²) < 4.78 is 4.83. The average Bonchev–Trinajstić information content (AvgIpc) is 2.64. The Morgan fingerprint density at radius 1 is 1.73 bits per heavy atom. The standard InChI is InChI=1S/C10H16N2O3/c1-3-8(4-5-13)11-10(14)9-6-7(2)12-15-9/h6,8,13H,3-5H2,1-2H3,(H,11,14). The van der Waals surface area contributed by atoms with E-state index in [-0.39, 0.29) is 24.3 Å². The van der Waals surface area contributed by atoms with Crippen molar-refractivity contribution in [2.75, 3.05) is 6.61 Å². The van der Waals surface area contributed by atoms with Gasteiger partial charge in [-0.25, -0.2) is 0 Å². The molecule has 1 atom stereocenters. The Kier molecular flexibility index (Phi) is 4.30. The maximum atomic E-state index is 11.6. The van der Waals surface area contributed by atoms with Crippen LogP contribution in [0.15, 0.2) is 10.6 Å². The van der Waals surface area contributed by atoms with Crippen molar-refractivity contribution in [3.05, 3.63) is 17.5 Å². The molecule has 5 nitrogen and oxygen atoms in total. The monoisotopic (exact) mass is 212 g/mol. The second-order valence-electron chi connectivity index (χ2n) is 3.42. The van der Waals surface area contributed by atoms with Gasteiger partial charge < -0.3 is 14.9 Å². The van der Waals surface area contributed by atoms with Crippen molar-refractivity contribution in [2.45, 2.75) is 32.7 Å². The summed E-state index contributed by atoms with van der Waals surface area (Å²) in [7, 11) is 0. The molecule has 5 heteroatoms. The van der Waals surface area contributed by atoms with Gasteiger partial charge in [0, 0.05) is 18.7 Å². The Morgan fingerprint density at radius 3 is 2.93 bits per heavy atom. The van der Waals surface area contributed by atoms with Gasteiger partial charge in [0.25, 0.3) is 5.91 Å². The summed E-state index contributed by atoms with van der Waals surface area (Å²) in [5.74, 6) is -0.0696. The van der Waals surface area contributed by atoms with E-state index in [1.54, 1.807) is 13.0 Å². The molecular weight excluding hydrogens is 196 g/mol. The third-order valence-electron chi connectivity index (χ3n) is 2.16. The molecule has 0 bridgehead atoms. The van der Waals surface area contributed by atoms with Crippen LogP contribution in [0, 0.1) is 6.92 Å². The van der Waals surface area contributed by atoms with Crippen molar-refractivity contribution in [1.29, 1.82) is 0 Å². The van der Waals surface area contributed by atoms with Crippen molar-refractivity contribution in [3.63, 3.8) is 0 Å². The van der Waals surface area contributed by atoms with Gasteiger partial charge in [0.2, 0.25) is 5.76 Å². The first-order valence-corrected chi connectivity index (χ1v) is 5.02. The van der Waals surface area contributed by atoms with Crippen LogP contribution in [0.3, 0.4) is 0 Å². The molecule has 0 aromatic carbocycles. The molecule has 1 aromatic heterocycles. The highest BCUT2D eigenvalue weighted by Gasteiger charge is 2.15. The number of aliphatic hydroxyl groups is 1. The third-order valence-corrected chi connectivity index (χ3v) is 2.16. The van der Waals surface area contributed by atoms with E-state index in [2.05, 4.69) is 10.5 Å². The fraction of sp³-hybridized carbons (Fsp3) is 0.600. The molecular formula is C10H16N2O3. The summed E-state index contributed by atoms with van der Waals surface area (Å²) >= 11 is 0. The van der Waals surface area contributed by atoms with Crippen molar-refractivity contribution in [2.24, 2.45) is 0 Å². The lowest BCUT2D eigenvalue weighted by Gasteiger charge is -2.13. The van der Waals surface area contributed by atoms with Crippen molar-refractivity contribution in [1.82, 2.24) is 10.5 Å². The van der Waals surface area contributed by atoms with Crippen LogP contribution in [-0.2, 0) is 0 Å². The van der Waals surface area contributed by atoms with E-state index in [1.165, 1.54) is 0 Å². The van der Waals surface area contributed by atoms with Crippen LogP contribution in [0.4, 0.5) is 0 Å². The molecule has 15 heavy (non-hydrogen) atoms. The van der Waals surface area contributed by atoms with Gasteiger partial charge in [0.15, 0.2) is 0 Å². The summed E-state index contributed by atoms with van der Waals surface area (Å²) in [4.78, 5) is 11.6. The number of amides is 1. The van der Waals surface area contributed by atoms with Gasteiger partial charge in [0.1, 0.15) is 0 Å². The molecule has 1 aromatic rings. The zero-order valence-electron chi connectivity index (χ0n) is 8.99. The molecule has 0 aliphatic carbocycles. The van der Waals surface area contributed by atoms with Gasteiger partial charge in [0.05, 0.1) is 5.69 Å². The quantitative estimate of drug-likeness (QED) is 0.759. The van der Waals surface area contributed by atoms with Crippen LogP contribution in [0.25, 0.3) is 0 Å². The molecule has 1 amide bonds. The summed E-state index contributed by atoms with van der Waals surface area (Å²) in [5, 5.41) is 15.2. The van der Waals surface area contributed by atoms with E-state index < -0.39 is 0 Å². The summed E-state index contributed by atoms with van der Waals surface area (Å²) in [6, 6.07) is 1.56. The molecule has 2 N–H and O–H groups in total. The fourth-order valence-electron chi connectivity index (χ4n) is 1.26. The molecule has 1 rings (SSSR count). The van der Waals surface area contributed by atoms with E-state index in [1.807, 2.05) is 6.92 Å². The molecule has 0 spiro atoms. The SMILES string of the molecule is CCC(CCO)NC(=O)c1cc(C)no1. The van der Waals surface area contributed by atoms with Gasteiger partial charge in [-0.05, 0) is 19.8 Å². The number of aryl methyl sites for hydroxylation is 1. The number of hydrogen-bond acceptors (Lipinski definition) is 4. The number of carbonyl (C=O) groups excluding carboxylic acids is 1. The first-order chi connectivity index (χ1) is 7.17. The first-order valence-electron chi connectivity index (χ1n) is 5.02. The Morgan fingerprint density at radius 2 is 2.47 bits per heavy atom. The van der Waals surface area contributed by atoms with Crippen LogP contribution in [-0.4, -0.2) is 28.8 Å². The summed E-state index contributed by atoms with van der Waals surface area (Å²) in [5.41, 5.74) is 0.676. The molecule has 0 aliphatic rings. The van der Waals surface area contributed by atoms with Crippen molar-refractivity contribution >= 4 is 5.91 Å². The maximum Gasteiger partial charge on any atom is 0.290 e. The highest BCUT2D eigenvalue weighted by molar-refractivity contribution is 5.91. The summed E-state index contributed by atoms with van der Waals surface area (Å²) in [6.45, 7) is 3.77. The lowest BCUT2D eigenvalue weighted by atomic mass is 10.1. The number of carbonyl (C=O) groups is 1. The number of nitrogens with one attached hydrogen (secondary N) is 1. The van der Waals surface area contributed by atoms with E-state index in [0.29, 0.717) is 12.1 Å². The minimum absolute atomic E-state index is 0.0205. The molecule has 0 fully saturated rings. The lowest BCUT2D eigenvalue weighted by molar-refractivity contribution is 0.0891. The molecule has 84 valence electrons. The largest absolute Gasteiger partial charge is 0.396 e. The van der Waals surface area contributed by atoms with Crippen molar-refractivity contribution < 1.29 is 14.4 Å². The normalized spacial score (nSPS) is 12.5. The molecule has 0 aliphatic heterocycles. The Balaban J connectivity index is 2.54. The van der Waals surface area contributed by atoms with Gasteiger partial charge in [-0.15, -0.1) is 0 Å². The average molecular weight is 212 g/mol. The zero-order valence-corrected chi connectivity index (χ0v) is 8.99. The fourth-order valence-corrected chi connectivity index (χ4v) is 1.26. The maximum absolute atomic E-state index is 11.6. The number of aromatic nitrogens is 1. The number of hydrogen-bond donors (Lipinski definition) is 2. The summed E-state index contributed by atoms with van der Waals surface area (Å²) in [6.07, 6.45) is 1.33. The van der Waals surface area contributed by atoms with Crippen LogP contribution < -0.4 is 5.32 Å². The predicted molar refractivity (Wildman–Crippen MR) is 54.5 cm³/mol. The molecule has 0 radical (unpaired) electrons. The predicted octanol–water partition coefficient (Wildman–Crippen LogP) is 0.874. The van der Waals surface area contributed by atoms with Crippen LogP contribution in [0.1, 0.15) is 36.0 Å². The Hall–Kier alpha value is -1.36. The zero-order chi connectivity index (χ0) is 11.3. The van der Waals surface area contributed by atoms with Crippen LogP contribution in [0.5, 0.6) is 0 Å². The van der Waals surface area contributed by atoms with Crippen LogP contribution >= 0.6 is 0 Å². The van der Waals surface area contributed by atoms with Gasteiger partial charge >= 0.3 is 0 Å². The van der Waals surface area contributed by atoms with Crippen LogP contribution in [0.2, 0.25) is 0 Å².